The number of carboxylic acid groups (broad SMARTS) is 1. The summed E-state index contributed by atoms with van der Waals surface area (Å²) in [5, 5.41) is 12.1. The van der Waals surface area contributed by atoms with Crippen LogP contribution in [-0.4, -0.2) is 32.6 Å². The number of benzene rings is 2. The minimum atomic E-state index is -0.782. The van der Waals surface area contributed by atoms with Crippen molar-refractivity contribution in [3.63, 3.8) is 0 Å². The van der Waals surface area contributed by atoms with Gasteiger partial charge in [-0.05, 0) is 56.5 Å². The normalized spacial score (nSPS) is 19.3. The molecule has 1 aromatic heterocycles. The third-order valence-electron chi connectivity index (χ3n) is 5.22. The van der Waals surface area contributed by atoms with Crippen LogP contribution in [0.15, 0.2) is 48.5 Å². The average molecular weight is 363 g/mol. The number of fused-ring (bicyclic) bond motifs is 1. The summed E-state index contributed by atoms with van der Waals surface area (Å²) in [6, 6.07) is 15.4. The van der Waals surface area contributed by atoms with Crippen LogP contribution in [0.3, 0.4) is 0 Å². The Kier molecular flexibility index (Phi) is 4.39. The highest BCUT2D eigenvalue weighted by Gasteiger charge is 2.30. The van der Waals surface area contributed by atoms with E-state index in [-0.39, 0.29) is 17.9 Å². The summed E-state index contributed by atoms with van der Waals surface area (Å²) >= 11 is 0. The quantitative estimate of drug-likeness (QED) is 0.745. The molecule has 2 N–H and O–H groups in total. The molecule has 1 aliphatic carbocycles. The van der Waals surface area contributed by atoms with Gasteiger partial charge in [-0.15, -0.1) is 0 Å². The third-order valence-corrected chi connectivity index (χ3v) is 5.22. The van der Waals surface area contributed by atoms with Crippen molar-refractivity contribution in [2.75, 3.05) is 0 Å². The molecule has 0 bridgehead atoms. The summed E-state index contributed by atoms with van der Waals surface area (Å²) in [7, 11) is 0. The summed E-state index contributed by atoms with van der Waals surface area (Å²) < 4.78 is 2.06. The highest BCUT2D eigenvalue weighted by molar-refractivity contribution is 5.97. The summed E-state index contributed by atoms with van der Waals surface area (Å²) in [6.45, 7) is 1.94. The fourth-order valence-electron chi connectivity index (χ4n) is 3.85. The molecule has 6 heteroatoms. The van der Waals surface area contributed by atoms with Crippen molar-refractivity contribution in [1.82, 2.24) is 14.9 Å². The molecule has 6 nitrogen and oxygen atoms in total. The number of nitrogens with zero attached hydrogens (tertiary/aromatic N) is 2. The van der Waals surface area contributed by atoms with Crippen LogP contribution in [-0.2, 0) is 4.79 Å². The van der Waals surface area contributed by atoms with Crippen molar-refractivity contribution in [2.24, 2.45) is 5.92 Å². The average Bonchev–Trinajstić information content (AvgIpc) is 3.25. The Morgan fingerprint density at radius 1 is 1.15 bits per heavy atom. The number of hydrogen-bond donors (Lipinski definition) is 2. The van der Waals surface area contributed by atoms with Gasteiger partial charge in [0.1, 0.15) is 5.82 Å². The molecule has 1 aliphatic rings. The first-order valence-corrected chi connectivity index (χ1v) is 9.11. The second-order valence-corrected chi connectivity index (χ2v) is 7.05. The zero-order valence-electron chi connectivity index (χ0n) is 15.1. The lowest BCUT2D eigenvalue weighted by atomic mass is 10.1. The van der Waals surface area contributed by atoms with Gasteiger partial charge in [0.15, 0.2) is 0 Å². The SMILES string of the molecule is Cc1nc2cc(C(=O)N[C@H]3CC[C@@H](C(=O)O)C3)ccc2n1-c1ccccc1. The number of para-hydroxylation sites is 1. The maximum atomic E-state index is 12.6. The Labute approximate surface area is 156 Å². The van der Waals surface area contributed by atoms with E-state index >= 15 is 0 Å². The number of rotatable bonds is 4. The molecule has 1 saturated carbocycles. The molecule has 1 fully saturated rings. The van der Waals surface area contributed by atoms with E-state index in [1.54, 1.807) is 12.1 Å². The number of nitrogens with one attached hydrogen (secondary N) is 1. The Bertz CT molecular complexity index is 1010. The van der Waals surface area contributed by atoms with Crippen molar-refractivity contribution in [3.8, 4) is 5.69 Å². The van der Waals surface area contributed by atoms with Crippen molar-refractivity contribution < 1.29 is 14.7 Å². The number of carbonyl (C=O) groups is 2. The molecule has 2 aromatic carbocycles. The van der Waals surface area contributed by atoms with Gasteiger partial charge in [-0.2, -0.15) is 0 Å². The van der Waals surface area contributed by atoms with Gasteiger partial charge in [0.05, 0.1) is 17.0 Å². The minimum absolute atomic E-state index is 0.0853. The fraction of sp³-hybridized carbons (Fsp3) is 0.286. The van der Waals surface area contributed by atoms with Crippen LogP contribution in [0, 0.1) is 12.8 Å². The van der Waals surface area contributed by atoms with Gasteiger partial charge in [-0.3, -0.25) is 14.2 Å². The van der Waals surface area contributed by atoms with Crippen molar-refractivity contribution in [2.45, 2.75) is 32.2 Å². The number of carbonyl (C=O) groups excluding carboxylic acids is 1. The van der Waals surface area contributed by atoms with Crippen LogP contribution < -0.4 is 5.32 Å². The number of carboxylic acids is 1. The first-order chi connectivity index (χ1) is 13.0. The number of aryl methyl sites for hydroxylation is 1. The zero-order valence-corrected chi connectivity index (χ0v) is 15.1. The van der Waals surface area contributed by atoms with Gasteiger partial charge in [-0.1, -0.05) is 18.2 Å². The summed E-state index contributed by atoms with van der Waals surface area (Å²) in [4.78, 5) is 28.3. The minimum Gasteiger partial charge on any atom is -0.481 e. The first kappa shape index (κ1) is 17.3. The maximum Gasteiger partial charge on any atom is 0.306 e. The Balaban J connectivity index is 1.57. The highest BCUT2D eigenvalue weighted by Crippen LogP contribution is 2.26. The third kappa shape index (κ3) is 3.30. The van der Waals surface area contributed by atoms with Crippen molar-refractivity contribution in [3.05, 3.63) is 59.9 Å². The predicted molar refractivity (Wildman–Crippen MR) is 102 cm³/mol. The second-order valence-electron chi connectivity index (χ2n) is 7.05. The van der Waals surface area contributed by atoms with Crippen molar-refractivity contribution >= 4 is 22.9 Å². The van der Waals surface area contributed by atoms with Gasteiger partial charge in [0, 0.05) is 17.3 Å². The standard InChI is InChI=1S/C21H21N3O3/c1-13-22-18-12-14(20(25)23-16-9-7-15(11-16)21(26)27)8-10-19(18)24(13)17-5-3-2-4-6-17/h2-6,8,10,12,15-16H,7,9,11H2,1H3,(H,23,25)(H,26,27)/t15-,16+/m1/s1. The zero-order chi connectivity index (χ0) is 19.0. The summed E-state index contributed by atoms with van der Waals surface area (Å²) in [5.74, 6) is -0.467. The molecule has 1 amide bonds. The van der Waals surface area contributed by atoms with E-state index in [0.717, 1.165) is 22.5 Å². The Morgan fingerprint density at radius 2 is 1.93 bits per heavy atom. The van der Waals surface area contributed by atoms with Crippen molar-refractivity contribution in [1.29, 1.82) is 0 Å². The summed E-state index contributed by atoms with van der Waals surface area (Å²) in [6.07, 6.45) is 1.80. The number of aliphatic carboxylic acids is 1. The number of imidazole rings is 1. The molecule has 27 heavy (non-hydrogen) atoms. The molecule has 0 saturated heterocycles. The largest absolute Gasteiger partial charge is 0.481 e. The van der Waals surface area contributed by atoms with Gasteiger partial charge in [0.2, 0.25) is 0 Å². The lowest BCUT2D eigenvalue weighted by molar-refractivity contribution is -0.141. The molecule has 4 rings (SSSR count). The van der Waals surface area contributed by atoms with Crippen LogP contribution in [0.25, 0.3) is 16.7 Å². The van der Waals surface area contributed by atoms with E-state index < -0.39 is 5.97 Å². The lowest BCUT2D eigenvalue weighted by Crippen LogP contribution is -2.33. The highest BCUT2D eigenvalue weighted by atomic mass is 16.4. The van der Waals surface area contributed by atoms with E-state index in [1.807, 2.05) is 43.3 Å². The molecule has 0 radical (unpaired) electrons. The number of aromatic nitrogens is 2. The van der Waals surface area contributed by atoms with E-state index in [9.17, 15) is 9.59 Å². The van der Waals surface area contributed by atoms with Crippen LogP contribution in [0.2, 0.25) is 0 Å². The van der Waals surface area contributed by atoms with Gasteiger partial charge < -0.3 is 10.4 Å². The van der Waals surface area contributed by atoms with E-state index in [1.165, 1.54) is 0 Å². The molecule has 0 aliphatic heterocycles. The molecule has 1 heterocycles. The molecular formula is C21H21N3O3. The van der Waals surface area contributed by atoms with E-state index in [2.05, 4.69) is 14.9 Å². The molecule has 0 unspecified atom stereocenters. The fourth-order valence-corrected chi connectivity index (χ4v) is 3.85. The molecule has 138 valence electrons. The smallest absolute Gasteiger partial charge is 0.306 e. The Hall–Kier alpha value is -3.15. The first-order valence-electron chi connectivity index (χ1n) is 9.11. The number of hydrogen-bond acceptors (Lipinski definition) is 3. The van der Waals surface area contributed by atoms with Gasteiger partial charge >= 0.3 is 5.97 Å². The Morgan fingerprint density at radius 3 is 2.63 bits per heavy atom. The second kappa shape index (κ2) is 6.87. The molecule has 2 atom stereocenters. The monoisotopic (exact) mass is 363 g/mol. The van der Waals surface area contributed by atoms with Crippen LogP contribution in [0.4, 0.5) is 0 Å². The van der Waals surface area contributed by atoms with Gasteiger partial charge in [0.25, 0.3) is 5.91 Å². The van der Waals surface area contributed by atoms with Crippen LogP contribution >= 0.6 is 0 Å². The lowest BCUT2D eigenvalue weighted by Gasteiger charge is -2.12. The van der Waals surface area contributed by atoms with Crippen LogP contribution in [0.1, 0.15) is 35.4 Å². The molecular weight excluding hydrogens is 342 g/mol. The van der Waals surface area contributed by atoms with E-state index in [0.29, 0.717) is 24.8 Å². The summed E-state index contributed by atoms with van der Waals surface area (Å²) in [5.41, 5.74) is 3.28. The maximum absolute atomic E-state index is 12.6. The topological polar surface area (TPSA) is 84.2 Å². The molecule has 0 spiro atoms. The van der Waals surface area contributed by atoms with Crippen LogP contribution in [0.5, 0.6) is 0 Å². The van der Waals surface area contributed by atoms with E-state index in [4.69, 9.17) is 5.11 Å². The number of amides is 1. The molecule has 3 aromatic rings. The predicted octanol–water partition coefficient (Wildman–Crippen LogP) is 3.32. The van der Waals surface area contributed by atoms with Gasteiger partial charge in [-0.25, -0.2) is 4.98 Å².